The summed E-state index contributed by atoms with van der Waals surface area (Å²) in [6.07, 6.45) is 0.884. The molecule has 0 fully saturated rings. The molecule has 15 heavy (non-hydrogen) atoms. The van der Waals surface area contributed by atoms with Gasteiger partial charge in [-0.15, -0.1) is 10.2 Å². The molecule has 0 radical (unpaired) electrons. The van der Waals surface area contributed by atoms with Gasteiger partial charge in [-0.1, -0.05) is 0 Å². The zero-order chi connectivity index (χ0) is 11.1. The van der Waals surface area contributed by atoms with Crippen molar-refractivity contribution in [2.45, 2.75) is 32.4 Å². The Morgan fingerprint density at radius 3 is 2.93 bits per heavy atom. The van der Waals surface area contributed by atoms with Gasteiger partial charge in [-0.3, -0.25) is 0 Å². The highest BCUT2D eigenvalue weighted by molar-refractivity contribution is 5.83. The Balaban J connectivity index is 2.52. The number of carboxylic acid groups (broad SMARTS) is 1. The average molecular weight is 210 g/mol. The van der Waals surface area contributed by atoms with Crippen LogP contribution >= 0.6 is 0 Å². The number of aromatic carboxylic acids is 1. The van der Waals surface area contributed by atoms with Crippen molar-refractivity contribution in [2.75, 3.05) is 6.54 Å². The van der Waals surface area contributed by atoms with E-state index in [1.165, 1.54) is 0 Å². The summed E-state index contributed by atoms with van der Waals surface area (Å²) >= 11 is 0. The molecule has 2 heterocycles. The highest BCUT2D eigenvalue weighted by atomic mass is 16.4. The lowest BCUT2D eigenvalue weighted by Crippen LogP contribution is -2.37. The summed E-state index contributed by atoms with van der Waals surface area (Å²) in [4.78, 5) is 10.9. The van der Waals surface area contributed by atoms with Crippen molar-refractivity contribution >= 4 is 5.97 Å². The Bertz CT molecular complexity index is 397. The zero-order valence-electron chi connectivity index (χ0n) is 8.82. The molecule has 0 amide bonds. The fourth-order valence-electron chi connectivity index (χ4n) is 1.85. The van der Waals surface area contributed by atoms with Crippen molar-refractivity contribution in [1.82, 2.24) is 20.1 Å². The summed E-state index contributed by atoms with van der Waals surface area (Å²) in [6.45, 7) is 5.46. The molecule has 0 aliphatic carbocycles. The Labute approximate surface area is 87.3 Å². The van der Waals surface area contributed by atoms with E-state index in [0.29, 0.717) is 12.4 Å². The summed E-state index contributed by atoms with van der Waals surface area (Å²) in [5.74, 6) is -0.300. The number of nitrogens with zero attached hydrogens (tertiary/aromatic N) is 3. The normalized spacial score (nSPS) is 19.3. The van der Waals surface area contributed by atoms with E-state index in [-0.39, 0.29) is 11.4 Å². The van der Waals surface area contributed by atoms with Gasteiger partial charge in [0, 0.05) is 6.54 Å². The Hall–Kier alpha value is -1.43. The minimum Gasteiger partial charge on any atom is -0.475 e. The predicted molar refractivity (Wildman–Crippen MR) is 52.6 cm³/mol. The average Bonchev–Trinajstić information content (AvgIpc) is 2.51. The molecule has 1 aliphatic heterocycles. The number of rotatable bonds is 1. The van der Waals surface area contributed by atoms with Gasteiger partial charge in [0.25, 0.3) is 0 Å². The van der Waals surface area contributed by atoms with E-state index in [4.69, 9.17) is 5.11 Å². The van der Waals surface area contributed by atoms with Crippen LogP contribution in [0.5, 0.6) is 0 Å². The summed E-state index contributed by atoms with van der Waals surface area (Å²) in [5.41, 5.74) is -0.322. The van der Waals surface area contributed by atoms with Gasteiger partial charge in [0.15, 0.2) is 5.82 Å². The van der Waals surface area contributed by atoms with Gasteiger partial charge in [-0.25, -0.2) is 4.79 Å². The minimum atomic E-state index is -1.02. The zero-order valence-corrected chi connectivity index (χ0v) is 8.82. The van der Waals surface area contributed by atoms with Crippen molar-refractivity contribution in [1.29, 1.82) is 0 Å². The van der Waals surface area contributed by atoms with Gasteiger partial charge in [-0.2, -0.15) is 0 Å². The van der Waals surface area contributed by atoms with Crippen molar-refractivity contribution in [3.8, 4) is 0 Å². The Kier molecular flexibility index (Phi) is 2.22. The van der Waals surface area contributed by atoms with Gasteiger partial charge in [0.1, 0.15) is 0 Å². The monoisotopic (exact) mass is 210 g/mol. The Morgan fingerprint density at radius 2 is 2.27 bits per heavy atom. The maximum absolute atomic E-state index is 10.9. The number of carboxylic acids is 1. The smallest absolute Gasteiger partial charge is 0.374 e. The topological polar surface area (TPSA) is 80.0 Å². The van der Waals surface area contributed by atoms with Crippen LogP contribution in [0.1, 0.15) is 36.7 Å². The lowest BCUT2D eigenvalue weighted by Gasteiger charge is -2.22. The molecule has 6 heteroatoms. The third-order valence-corrected chi connectivity index (χ3v) is 2.63. The number of aromatic nitrogens is 3. The first-order valence-electron chi connectivity index (χ1n) is 4.94. The van der Waals surface area contributed by atoms with Crippen LogP contribution in [-0.4, -0.2) is 32.4 Å². The summed E-state index contributed by atoms with van der Waals surface area (Å²) in [6, 6.07) is 0. The molecule has 1 aromatic rings. The number of hydrogen-bond acceptors (Lipinski definition) is 4. The number of hydrogen-bond donors (Lipinski definition) is 2. The summed E-state index contributed by atoms with van der Waals surface area (Å²) < 4.78 is 1.68. The van der Waals surface area contributed by atoms with E-state index in [1.54, 1.807) is 4.57 Å². The number of carbonyl (C=O) groups is 1. The van der Waals surface area contributed by atoms with E-state index in [2.05, 4.69) is 15.5 Å². The van der Waals surface area contributed by atoms with Crippen LogP contribution in [0.25, 0.3) is 0 Å². The number of fused-ring (bicyclic) bond motifs is 1. The minimum absolute atomic E-state index is 0.0294. The second-order valence-electron chi connectivity index (χ2n) is 4.21. The molecule has 2 N–H and O–H groups in total. The molecule has 1 aromatic heterocycles. The highest BCUT2D eigenvalue weighted by Crippen LogP contribution is 2.21. The fraction of sp³-hybridized carbons (Fsp3) is 0.667. The Morgan fingerprint density at radius 1 is 1.53 bits per heavy atom. The fourth-order valence-corrected chi connectivity index (χ4v) is 1.85. The molecular formula is C9H14N4O2. The lowest BCUT2D eigenvalue weighted by atomic mass is 10.1. The molecule has 0 spiro atoms. The second-order valence-corrected chi connectivity index (χ2v) is 4.21. The van der Waals surface area contributed by atoms with Gasteiger partial charge in [0.2, 0.25) is 5.82 Å². The molecule has 2 rings (SSSR count). The van der Waals surface area contributed by atoms with Crippen LogP contribution in [-0.2, 0) is 12.1 Å². The molecule has 82 valence electrons. The largest absolute Gasteiger partial charge is 0.475 e. The highest BCUT2D eigenvalue weighted by Gasteiger charge is 2.31. The SMILES string of the molecule is CC1(C)NCCCn2c(C(=O)O)nnc21. The van der Waals surface area contributed by atoms with Gasteiger partial charge < -0.3 is 15.0 Å². The van der Waals surface area contributed by atoms with Gasteiger partial charge in [0.05, 0.1) is 5.54 Å². The second kappa shape index (κ2) is 3.30. The molecule has 0 aromatic carbocycles. The van der Waals surface area contributed by atoms with Crippen molar-refractivity contribution in [3.63, 3.8) is 0 Å². The molecule has 0 atom stereocenters. The summed E-state index contributed by atoms with van der Waals surface area (Å²) in [5, 5.41) is 19.9. The van der Waals surface area contributed by atoms with E-state index in [1.807, 2.05) is 13.8 Å². The van der Waals surface area contributed by atoms with E-state index in [0.717, 1.165) is 13.0 Å². The van der Waals surface area contributed by atoms with Crippen LogP contribution in [0.3, 0.4) is 0 Å². The third kappa shape index (κ3) is 1.61. The van der Waals surface area contributed by atoms with Crippen LogP contribution in [0.15, 0.2) is 0 Å². The van der Waals surface area contributed by atoms with Gasteiger partial charge in [-0.05, 0) is 26.8 Å². The van der Waals surface area contributed by atoms with Crippen LogP contribution in [0.4, 0.5) is 0 Å². The predicted octanol–water partition coefficient (Wildman–Crippen LogP) is 0.205. The standard InChI is InChI=1S/C9H14N4O2/c1-9(2)8-12-11-6(7(14)15)13(8)5-3-4-10-9/h10H,3-5H2,1-2H3,(H,14,15). The maximum Gasteiger partial charge on any atom is 0.374 e. The third-order valence-electron chi connectivity index (χ3n) is 2.63. The van der Waals surface area contributed by atoms with Crippen LogP contribution in [0, 0.1) is 0 Å². The molecular weight excluding hydrogens is 196 g/mol. The van der Waals surface area contributed by atoms with Crippen LogP contribution in [0.2, 0.25) is 0 Å². The lowest BCUT2D eigenvalue weighted by molar-refractivity contribution is 0.0677. The van der Waals surface area contributed by atoms with Crippen molar-refractivity contribution in [3.05, 3.63) is 11.6 Å². The molecule has 0 saturated carbocycles. The molecule has 1 aliphatic rings. The van der Waals surface area contributed by atoms with E-state index >= 15 is 0 Å². The molecule has 6 nitrogen and oxygen atoms in total. The van der Waals surface area contributed by atoms with Gasteiger partial charge >= 0.3 is 5.97 Å². The quantitative estimate of drug-likeness (QED) is 0.692. The van der Waals surface area contributed by atoms with Crippen molar-refractivity contribution in [2.24, 2.45) is 0 Å². The van der Waals surface area contributed by atoms with Crippen LogP contribution < -0.4 is 5.32 Å². The molecule has 0 unspecified atom stereocenters. The van der Waals surface area contributed by atoms with Crippen molar-refractivity contribution < 1.29 is 9.90 Å². The summed E-state index contributed by atoms with van der Waals surface area (Å²) in [7, 11) is 0. The first kappa shape index (κ1) is 10.1. The first-order chi connectivity index (χ1) is 7.02. The maximum atomic E-state index is 10.9. The van der Waals surface area contributed by atoms with E-state index < -0.39 is 5.97 Å². The molecule has 0 bridgehead atoms. The number of nitrogens with one attached hydrogen (secondary N) is 1. The van der Waals surface area contributed by atoms with E-state index in [9.17, 15) is 4.79 Å². The molecule has 0 saturated heterocycles. The first-order valence-corrected chi connectivity index (χ1v) is 4.94.